The van der Waals surface area contributed by atoms with Crippen LogP contribution in [0.2, 0.25) is 0 Å². The van der Waals surface area contributed by atoms with Crippen LogP contribution < -0.4 is 0 Å². The predicted molar refractivity (Wildman–Crippen MR) is 166 cm³/mol. The van der Waals surface area contributed by atoms with Crippen molar-refractivity contribution < 1.29 is 0 Å². The lowest BCUT2D eigenvalue weighted by Crippen LogP contribution is -2.03. The molecular formula is C35H25N3S. The molecule has 0 bridgehead atoms. The summed E-state index contributed by atoms with van der Waals surface area (Å²) in [5, 5.41) is 6.09. The summed E-state index contributed by atoms with van der Waals surface area (Å²) in [4.78, 5) is 10.5. The first-order valence-corrected chi connectivity index (χ1v) is 14.1. The minimum atomic E-state index is 0.702. The van der Waals surface area contributed by atoms with Crippen molar-refractivity contribution in [2.24, 2.45) is 0 Å². The summed E-state index contributed by atoms with van der Waals surface area (Å²) in [6.45, 7) is 6.49. The van der Waals surface area contributed by atoms with Crippen LogP contribution in [0.3, 0.4) is 0 Å². The fourth-order valence-electron chi connectivity index (χ4n) is 6.03. The van der Waals surface area contributed by atoms with Gasteiger partial charge >= 0.3 is 0 Å². The minimum Gasteiger partial charge on any atom is -0.277 e. The van der Waals surface area contributed by atoms with E-state index in [1.54, 1.807) is 0 Å². The van der Waals surface area contributed by atoms with Crippen LogP contribution in [0.5, 0.6) is 0 Å². The molecule has 0 spiro atoms. The highest BCUT2D eigenvalue weighted by Gasteiger charge is 2.21. The van der Waals surface area contributed by atoms with Crippen LogP contribution in [0.1, 0.15) is 16.7 Å². The molecule has 0 N–H and O–H groups in total. The standard InChI is InChI=1S/C35H25N3S/c1-20-8-6-10-23(18-20)32-25-11-4-5-13-28(25)36-35(37-32)38-29-16-14-21(2)19-27(29)24-15-17-30-31(33(24)38)26-12-7-9-22(3)34(26)39-30/h4-19H,1-3H3. The van der Waals surface area contributed by atoms with Gasteiger partial charge in [-0.2, -0.15) is 0 Å². The van der Waals surface area contributed by atoms with Gasteiger partial charge in [0.05, 0.1) is 22.2 Å². The van der Waals surface area contributed by atoms with Crippen LogP contribution in [0.4, 0.5) is 0 Å². The van der Waals surface area contributed by atoms with Crippen LogP contribution in [0, 0.1) is 20.8 Å². The van der Waals surface area contributed by atoms with E-state index >= 15 is 0 Å². The molecule has 186 valence electrons. The van der Waals surface area contributed by atoms with Gasteiger partial charge in [0, 0.05) is 41.9 Å². The van der Waals surface area contributed by atoms with Crippen LogP contribution in [-0.4, -0.2) is 14.5 Å². The van der Waals surface area contributed by atoms with Crippen molar-refractivity contribution in [2.45, 2.75) is 20.8 Å². The van der Waals surface area contributed by atoms with Gasteiger partial charge in [-0.1, -0.05) is 77.9 Å². The van der Waals surface area contributed by atoms with E-state index in [1.165, 1.54) is 53.2 Å². The Morgan fingerprint density at radius 2 is 1.46 bits per heavy atom. The maximum atomic E-state index is 5.32. The fourth-order valence-corrected chi connectivity index (χ4v) is 7.20. The summed E-state index contributed by atoms with van der Waals surface area (Å²) >= 11 is 1.87. The van der Waals surface area contributed by atoms with Gasteiger partial charge < -0.3 is 0 Å². The van der Waals surface area contributed by atoms with Gasteiger partial charge in [0.25, 0.3) is 0 Å². The summed E-state index contributed by atoms with van der Waals surface area (Å²) in [7, 11) is 0. The van der Waals surface area contributed by atoms with Crippen molar-refractivity contribution in [1.29, 1.82) is 0 Å². The zero-order valence-corrected chi connectivity index (χ0v) is 22.8. The summed E-state index contributed by atoms with van der Waals surface area (Å²) < 4.78 is 4.92. The third-order valence-electron chi connectivity index (χ3n) is 7.82. The molecule has 8 aromatic rings. The van der Waals surface area contributed by atoms with E-state index in [0.29, 0.717) is 5.95 Å². The molecule has 0 saturated heterocycles. The van der Waals surface area contributed by atoms with Crippen molar-refractivity contribution in [3.8, 4) is 17.2 Å². The van der Waals surface area contributed by atoms with Gasteiger partial charge in [0.2, 0.25) is 5.95 Å². The lowest BCUT2D eigenvalue weighted by atomic mass is 10.0. The molecule has 3 aromatic heterocycles. The summed E-state index contributed by atoms with van der Waals surface area (Å²) in [5.74, 6) is 0.702. The Kier molecular flexibility index (Phi) is 4.73. The molecule has 0 saturated carbocycles. The van der Waals surface area contributed by atoms with Crippen LogP contribution in [0.15, 0.2) is 97.1 Å². The zero-order valence-electron chi connectivity index (χ0n) is 22.0. The third kappa shape index (κ3) is 3.28. The number of benzene rings is 5. The molecule has 3 heterocycles. The predicted octanol–water partition coefficient (Wildman–Crippen LogP) is 9.69. The SMILES string of the molecule is Cc1cccc(-c2nc(-n3c4ccc(C)cc4c4ccc5sc6c(C)cccc6c5c43)nc3ccccc23)c1. The molecule has 4 heteroatoms. The molecular weight excluding hydrogens is 494 g/mol. The number of thiophene rings is 1. The first-order valence-electron chi connectivity index (χ1n) is 13.3. The Bertz CT molecular complexity index is 2270. The molecule has 0 aliphatic rings. The minimum absolute atomic E-state index is 0.702. The first kappa shape index (κ1) is 22.4. The number of nitrogens with zero attached hydrogens (tertiary/aromatic N) is 3. The third-order valence-corrected chi connectivity index (χ3v) is 9.13. The molecule has 39 heavy (non-hydrogen) atoms. The van der Waals surface area contributed by atoms with Crippen molar-refractivity contribution in [1.82, 2.24) is 14.5 Å². The van der Waals surface area contributed by atoms with E-state index < -0.39 is 0 Å². The van der Waals surface area contributed by atoms with E-state index in [9.17, 15) is 0 Å². The topological polar surface area (TPSA) is 30.7 Å². The monoisotopic (exact) mass is 519 g/mol. The van der Waals surface area contributed by atoms with Gasteiger partial charge in [0.15, 0.2) is 0 Å². The molecule has 5 aromatic carbocycles. The molecule has 0 aliphatic heterocycles. The van der Waals surface area contributed by atoms with Crippen molar-refractivity contribution in [2.75, 3.05) is 0 Å². The Hall–Kier alpha value is -4.54. The maximum Gasteiger partial charge on any atom is 0.235 e. The number of aryl methyl sites for hydroxylation is 3. The summed E-state index contributed by atoms with van der Waals surface area (Å²) in [6, 6.07) is 34.8. The highest BCUT2D eigenvalue weighted by molar-refractivity contribution is 7.26. The Morgan fingerprint density at radius 3 is 2.36 bits per heavy atom. The number of aromatic nitrogens is 3. The van der Waals surface area contributed by atoms with Crippen molar-refractivity contribution in [3.05, 3.63) is 114 Å². The number of rotatable bonds is 2. The Labute approximate surface area is 230 Å². The van der Waals surface area contributed by atoms with E-state index in [4.69, 9.17) is 9.97 Å². The lowest BCUT2D eigenvalue weighted by molar-refractivity contribution is 1.02. The molecule has 0 aliphatic carbocycles. The van der Waals surface area contributed by atoms with Crippen LogP contribution >= 0.6 is 11.3 Å². The van der Waals surface area contributed by atoms with Crippen LogP contribution in [-0.2, 0) is 0 Å². The second-order valence-electron chi connectivity index (χ2n) is 10.5. The van der Waals surface area contributed by atoms with E-state index in [2.05, 4.69) is 122 Å². The number of para-hydroxylation sites is 1. The number of hydrogen-bond donors (Lipinski definition) is 0. The van der Waals surface area contributed by atoms with Crippen molar-refractivity contribution in [3.63, 3.8) is 0 Å². The average Bonchev–Trinajstić information content (AvgIpc) is 3.49. The highest BCUT2D eigenvalue weighted by Crippen LogP contribution is 2.44. The average molecular weight is 520 g/mol. The summed E-state index contributed by atoms with van der Waals surface area (Å²) in [5.41, 5.74) is 9.07. The van der Waals surface area contributed by atoms with Gasteiger partial charge in [-0.3, -0.25) is 4.57 Å². The summed E-state index contributed by atoms with van der Waals surface area (Å²) in [6.07, 6.45) is 0. The molecule has 0 fully saturated rings. The number of fused-ring (bicyclic) bond motifs is 8. The smallest absolute Gasteiger partial charge is 0.235 e. The Balaban J connectivity index is 1.58. The Morgan fingerprint density at radius 1 is 0.641 bits per heavy atom. The maximum absolute atomic E-state index is 5.32. The lowest BCUT2D eigenvalue weighted by Gasteiger charge is -2.12. The quantitative estimate of drug-likeness (QED) is 0.228. The normalized spacial score (nSPS) is 12.0. The second-order valence-corrected chi connectivity index (χ2v) is 11.6. The number of hydrogen-bond acceptors (Lipinski definition) is 3. The molecule has 0 atom stereocenters. The van der Waals surface area contributed by atoms with Crippen molar-refractivity contribution >= 4 is 64.2 Å². The second kappa shape index (κ2) is 8.23. The molecule has 8 rings (SSSR count). The zero-order chi connectivity index (χ0) is 26.2. The molecule has 0 amide bonds. The van der Waals surface area contributed by atoms with Crippen LogP contribution in [0.25, 0.3) is 70.1 Å². The first-order chi connectivity index (χ1) is 19.1. The fraction of sp³-hybridized carbons (Fsp3) is 0.0857. The largest absolute Gasteiger partial charge is 0.277 e. The van der Waals surface area contributed by atoms with Gasteiger partial charge in [0.1, 0.15) is 0 Å². The molecule has 0 unspecified atom stereocenters. The van der Waals surface area contributed by atoms with Gasteiger partial charge in [-0.15, -0.1) is 11.3 Å². The molecule has 3 nitrogen and oxygen atoms in total. The molecule has 0 radical (unpaired) electrons. The van der Waals surface area contributed by atoms with E-state index in [-0.39, 0.29) is 0 Å². The van der Waals surface area contributed by atoms with Gasteiger partial charge in [-0.05, 0) is 56.7 Å². The van der Waals surface area contributed by atoms with E-state index in [1.807, 2.05) is 11.3 Å². The highest BCUT2D eigenvalue weighted by atomic mass is 32.1. The van der Waals surface area contributed by atoms with Gasteiger partial charge in [-0.25, -0.2) is 9.97 Å². The van der Waals surface area contributed by atoms with E-state index in [0.717, 1.165) is 27.7 Å².